The molecule has 0 spiro atoms. The second kappa shape index (κ2) is 6.59. The SMILES string of the molecule is COC(=O)c1ccc(NC(=O)c2ccc(S(N)(=O)=O)cc2)cc1. The number of carbonyl (C=O) groups is 2. The van der Waals surface area contributed by atoms with E-state index in [4.69, 9.17) is 5.14 Å². The molecule has 0 heterocycles. The fraction of sp³-hybridized carbons (Fsp3) is 0.0667. The molecule has 0 bridgehead atoms. The summed E-state index contributed by atoms with van der Waals surface area (Å²) in [6.45, 7) is 0. The summed E-state index contributed by atoms with van der Waals surface area (Å²) in [6, 6.07) is 11.4. The van der Waals surface area contributed by atoms with Crippen LogP contribution in [-0.4, -0.2) is 27.4 Å². The zero-order chi connectivity index (χ0) is 17.0. The molecule has 0 aromatic heterocycles. The highest BCUT2D eigenvalue weighted by Gasteiger charge is 2.11. The Labute approximate surface area is 133 Å². The summed E-state index contributed by atoms with van der Waals surface area (Å²) in [5.41, 5.74) is 1.12. The Kier molecular flexibility index (Phi) is 4.77. The van der Waals surface area contributed by atoms with E-state index in [1.807, 2.05) is 0 Å². The molecule has 2 aromatic carbocycles. The predicted molar refractivity (Wildman–Crippen MR) is 83.5 cm³/mol. The lowest BCUT2D eigenvalue weighted by Crippen LogP contribution is -2.14. The van der Waals surface area contributed by atoms with Crippen LogP contribution in [0.25, 0.3) is 0 Å². The van der Waals surface area contributed by atoms with Crippen molar-refractivity contribution >= 4 is 27.6 Å². The van der Waals surface area contributed by atoms with Gasteiger partial charge in [0.05, 0.1) is 17.6 Å². The Morgan fingerprint density at radius 2 is 1.48 bits per heavy atom. The molecule has 23 heavy (non-hydrogen) atoms. The van der Waals surface area contributed by atoms with Gasteiger partial charge in [-0.3, -0.25) is 4.79 Å². The van der Waals surface area contributed by atoms with Crippen molar-refractivity contribution in [3.63, 3.8) is 0 Å². The molecule has 0 radical (unpaired) electrons. The summed E-state index contributed by atoms with van der Waals surface area (Å²) in [7, 11) is -2.51. The second-order valence-corrected chi connectivity index (χ2v) is 6.15. The van der Waals surface area contributed by atoms with Crippen LogP contribution in [0.4, 0.5) is 5.69 Å². The average Bonchev–Trinajstić information content (AvgIpc) is 2.54. The van der Waals surface area contributed by atoms with E-state index in [0.29, 0.717) is 11.3 Å². The number of ether oxygens (including phenoxy) is 1. The van der Waals surface area contributed by atoms with Gasteiger partial charge in [-0.15, -0.1) is 0 Å². The van der Waals surface area contributed by atoms with Gasteiger partial charge in [-0.1, -0.05) is 0 Å². The summed E-state index contributed by atoms with van der Waals surface area (Å²) in [5, 5.41) is 7.62. The molecular weight excluding hydrogens is 320 g/mol. The van der Waals surface area contributed by atoms with Crippen molar-refractivity contribution in [2.24, 2.45) is 5.14 Å². The first-order valence-electron chi connectivity index (χ1n) is 6.44. The number of hydrogen-bond acceptors (Lipinski definition) is 5. The first-order chi connectivity index (χ1) is 10.8. The predicted octanol–water partition coefficient (Wildman–Crippen LogP) is 1.37. The quantitative estimate of drug-likeness (QED) is 0.819. The number of methoxy groups -OCH3 is 1. The van der Waals surface area contributed by atoms with Crippen LogP contribution in [0.1, 0.15) is 20.7 Å². The molecule has 2 rings (SSSR count). The van der Waals surface area contributed by atoms with Crippen LogP contribution >= 0.6 is 0 Å². The topological polar surface area (TPSA) is 116 Å². The number of sulfonamides is 1. The van der Waals surface area contributed by atoms with E-state index < -0.39 is 21.9 Å². The van der Waals surface area contributed by atoms with Crippen molar-refractivity contribution in [1.82, 2.24) is 0 Å². The van der Waals surface area contributed by atoms with Crippen LogP contribution in [0.2, 0.25) is 0 Å². The fourth-order valence-corrected chi connectivity index (χ4v) is 2.32. The number of esters is 1. The number of amides is 1. The summed E-state index contributed by atoms with van der Waals surface area (Å²) >= 11 is 0. The van der Waals surface area contributed by atoms with Gasteiger partial charge in [0.1, 0.15) is 0 Å². The number of nitrogens with two attached hydrogens (primary N) is 1. The number of carbonyl (C=O) groups excluding carboxylic acids is 2. The molecule has 8 heteroatoms. The van der Waals surface area contributed by atoms with E-state index in [1.165, 1.54) is 43.5 Å². The number of nitrogens with one attached hydrogen (secondary N) is 1. The molecule has 0 aliphatic rings. The molecule has 3 N–H and O–H groups in total. The van der Waals surface area contributed by atoms with Crippen molar-refractivity contribution in [3.05, 3.63) is 59.7 Å². The second-order valence-electron chi connectivity index (χ2n) is 4.59. The highest BCUT2D eigenvalue weighted by Crippen LogP contribution is 2.13. The number of anilines is 1. The van der Waals surface area contributed by atoms with Crippen LogP contribution in [0, 0.1) is 0 Å². The maximum Gasteiger partial charge on any atom is 0.337 e. The average molecular weight is 334 g/mol. The van der Waals surface area contributed by atoms with Gasteiger partial charge in [-0.25, -0.2) is 18.4 Å². The van der Waals surface area contributed by atoms with Crippen molar-refractivity contribution in [1.29, 1.82) is 0 Å². The molecule has 2 aromatic rings. The maximum atomic E-state index is 12.1. The standard InChI is InChI=1S/C15H14N2O5S/c1-22-15(19)11-2-6-12(7-3-11)17-14(18)10-4-8-13(9-5-10)23(16,20)21/h2-9H,1H3,(H,17,18)(H2,16,20,21). The number of hydrogen-bond donors (Lipinski definition) is 2. The minimum Gasteiger partial charge on any atom is -0.465 e. The van der Waals surface area contributed by atoms with E-state index in [9.17, 15) is 18.0 Å². The lowest BCUT2D eigenvalue weighted by Gasteiger charge is -2.06. The van der Waals surface area contributed by atoms with E-state index in [2.05, 4.69) is 10.1 Å². The third kappa shape index (κ3) is 4.15. The van der Waals surface area contributed by atoms with E-state index >= 15 is 0 Å². The van der Waals surface area contributed by atoms with Gasteiger partial charge in [-0.2, -0.15) is 0 Å². The largest absolute Gasteiger partial charge is 0.465 e. The van der Waals surface area contributed by atoms with Gasteiger partial charge < -0.3 is 10.1 Å². The summed E-state index contributed by atoms with van der Waals surface area (Å²) < 4.78 is 26.9. The first-order valence-corrected chi connectivity index (χ1v) is 7.98. The van der Waals surface area contributed by atoms with Crippen LogP contribution in [-0.2, 0) is 14.8 Å². The molecule has 0 saturated heterocycles. The molecule has 0 unspecified atom stereocenters. The Morgan fingerprint density at radius 1 is 0.957 bits per heavy atom. The van der Waals surface area contributed by atoms with Crippen molar-refractivity contribution in [2.75, 3.05) is 12.4 Å². The summed E-state index contributed by atoms with van der Waals surface area (Å²) in [6.07, 6.45) is 0. The van der Waals surface area contributed by atoms with Crippen molar-refractivity contribution < 1.29 is 22.7 Å². The number of rotatable bonds is 4. The van der Waals surface area contributed by atoms with Gasteiger partial charge in [0.2, 0.25) is 10.0 Å². The Morgan fingerprint density at radius 3 is 1.96 bits per heavy atom. The molecule has 7 nitrogen and oxygen atoms in total. The number of primary sulfonamides is 1. The van der Waals surface area contributed by atoms with Crippen LogP contribution in [0.15, 0.2) is 53.4 Å². The first kappa shape index (κ1) is 16.7. The lowest BCUT2D eigenvalue weighted by atomic mass is 10.2. The molecule has 1 amide bonds. The Hall–Kier alpha value is -2.71. The van der Waals surface area contributed by atoms with Crippen molar-refractivity contribution in [3.8, 4) is 0 Å². The molecule has 0 aliphatic heterocycles. The smallest absolute Gasteiger partial charge is 0.337 e. The van der Waals surface area contributed by atoms with Crippen molar-refractivity contribution in [2.45, 2.75) is 4.90 Å². The molecule has 0 saturated carbocycles. The highest BCUT2D eigenvalue weighted by atomic mass is 32.2. The monoisotopic (exact) mass is 334 g/mol. The Bertz CT molecular complexity index is 827. The normalized spacial score (nSPS) is 10.9. The molecule has 120 valence electrons. The van der Waals surface area contributed by atoms with Gasteiger partial charge in [0.25, 0.3) is 5.91 Å². The third-order valence-electron chi connectivity index (χ3n) is 3.01. The van der Waals surface area contributed by atoms with Gasteiger partial charge in [0.15, 0.2) is 0 Å². The third-order valence-corrected chi connectivity index (χ3v) is 3.94. The zero-order valence-corrected chi connectivity index (χ0v) is 13.0. The minimum absolute atomic E-state index is 0.0727. The van der Waals surface area contributed by atoms with Crippen LogP contribution in [0.3, 0.4) is 0 Å². The number of benzene rings is 2. The van der Waals surface area contributed by atoms with E-state index in [-0.39, 0.29) is 10.5 Å². The van der Waals surface area contributed by atoms with Gasteiger partial charge in [0, 0.05) is 11.3 Å². The molecule has 0 fully saturated rings. The van der Waals surface area contributed by atoms with E-state index in [0.717, 1.165) is 0 Å². The Balaban J connectivity index is 2.11. The van der Waals surface area contributed by atoms with Gasteiger partial charge in [-0.05, 0) is 48.5 Å². The van der Waals surface area contributed by atoms with Crippen LogP contribution in [0.5, 0.6) is 0 Å². The zero-order valence-electron chi connectivity index (χ0n) is 12.1. The lowest BCUT2D eigenvalue weighted by molar-refractivity contribution is 0.0600. The van der Waals surface area contributed by atoms with E-state index in [1.54, 1.807) is 12.1 Å². The maximum absolute atomic E-state index is 12.1. The summed E-state index contributed by atoms with van der Waals surface area (Å²) in [5.74, 6) is -0.891. The fourth-order valence-electron chi connectivity index (χ4n) is 1.81. The van der Waals surface area contributed by atoms with Gasteiger partial charge >= 0.3 is 5.97 Å². The minimum atomic E-state index is -3.80. The highest BCUT2D eigenvalue weighted by molar-refractivity contribution is 7.89. The molecule has 0 atom stereocenters. The van der Waals surface area contributed by atoms with Crippen LogP contribution < -0.4 is 10.5 Å². The summed E-state index contributed by atoms with van der Waals surface area (Å²) in [4.78, 5) is 23.3. The molecular formula is C15H14N2O5S. The molecule has 0 aliphatic carbocycles.